The number of nitrogens with one attached hydrogen (secondary N) is 3. The standard InChI is InChI=1S/C26H30N4O4/c27-12-6-11-25(31)29-23(14-19-15-28-21-10-5-4-9-20(19)21)26(32)30-22(24-16-33-17-34-24)13-18-7-2-1-3-8-18/h1-5,7-10,15-16,22-23,28H,6,11-14,17,27H2,(H,29,31)(H,30,32). The summed E-state index contributed by atoms with van der Waals surface area (Å²) >= 11 is 0. The summed E-state index contributed by atoms with van der Waals surface area (Å²) in [6.45, 7) is 0.530. The third-order valence-electron chi connectivity index (χ3n) is 5.79. The highest BCUT2D eigenvalue weighted by Crippen LogP contribution is 2.20. The molecule has 2 unspecified atom stereocenters. The molecule has 8 nitrogen and oxygen atoms in total. The summed E-state index contributed by atoms with van der Waals surface area (Å²) in [5.41, 5.74) is 8.53. The molecule has 2 heterocycles. The van der Waals surface area contributed by atoms with E-state index in [0.717, 1.165) is 22.0 Å². The van der Waals surface area contributed by atoms with E-state index in [1.807, 2.05) is 60.8 Å². The topological polar surface area (TPSA) is 118 Å². The lowest BCUT2D eigenvalue weighted by Gasteiger charge is -2.23. The van der Waals surface area contributed by atoms with Crippen LogP contribution in [0, 0.1) is 0 Å². The number of aromatic amines is 1. The second kappa shape index (κ2) is 11.4. The van der Waals surface area contributed by atoms with Crippen LogP contribution in [0.1, 0.15) is 24.0 Å². The molecular weight excluding hydrogens is 432 g/mol. The lowest BCUT2D eigenvalue weighted by molar-refractivity contribution is -0.129. The normalized spacial score (nSPS) is 14.6. The molecule has 0 saturated carbocycles. The quantitative estimate of drug-likeness (QED) is 0.349. The zero-order valence-corrected chi connectivity index (χ0v) is 19.0. The van der Waals surface area contributed by atoms with Crippen molar-refractivity contribution in [3.05, 3.63) is 83.9 Å². The first kappa shape index (κ1) is 23.4. The molecule has 1 aromatic heterocycles. The van der Waals surface area contributed by atoms with Gasteiger partial charge < -0.3 is 30.8 Å². The average Bonchev–Trinajstić information content (AvgIpc) is 3.53. The van der Waals surface area contributed by atoms with Crippen LogP contribution in [0.25, 0.3) is 10.9 Å². The summed E-state index contributed by atoms with van der Waals surface area (Å²) in [6, 6.07) is 16.5. The monoisotopic (exact) mass is 462 g/mol. The molecule has 0 spiro atoms. The number of ether oxygens (including phenoxy) is 2. The molecule has 178 valence electrons. The smallest absolute Gasteiger partial charge is 0.243 e. The number of hydrogen-bond donors (Lipinski definition) is 4. The summed E-state index contributed by atoms with van der Waals surface area (Å²) in [6.07, 6.45) is 5.12. The van der Waals surface area contributed by atoms with Gasteiger partial charge in [-0.25, -0.2) is 0 Å². The molecule has 0 radical (unpaired) electrons. The highest BCUT2D eigenvalue weighted by molar-refractivity contribution is 5.90. The molecule has 8 heteroatoms. The number of carbonyl (C=O) groups excluding carboxylic acids is 2. The molecule has 0 aliphatic carbocycles. The van der Waals surface area contributed by atoms with Crippen LogP contribution in [-0.2, 0) is 31.9 Å². The Morgan fingerprint density at radius 3 is 2.59 bits per heavy atom. The molecule has 2 atom stereocenters. The number of aromatic nitrogens is 1. The number of benzene rings is 2. The average molecular weight is 463 g/mol. The van der Waals surface area contributed by atoms with Gasteiger partial charge in [-0.3, -0.25) is 9.59 Å². The predicted octanol–water partition coefficient (Wildman–Crippen LogP) is 2.51. The van der Waals surface area contributed by atoms with E-state index in [0.29, 0.717) is 31.6 Å². The summed E-state index contributed by atoms with van der Waals surface area (Å²) in [5.74, 6) is 0.0610. The van der Waals surface area contributed by atoms with E-state index in [4.69, 9.17) is 15.2 Å². The van der Waals surface area contributed by atoms with Gasteiger partial charge in [0, 0.05) is 36.4 Å². The Kier molecular flexibility index (Phi) is 7.83. The Balaban J connectivity index is 1.54. The molecule has 2 amide bonds. The largest absolute Gasteiger partial charge is 0.462 e. The third kappa shape index (κ3) is 5.96. The van der Waals surface area contributed by atoms with E-state index in [9.17, 15) is 9.59 Å². The van der Waals surface area contributed by atoms with Gasteiger partial charge in [-0.05, 0) is 30.2 Å². The van der Waals surface area contributed by atoms with Crippen LogP contribution in [-0.4, -0.2) is 42.2 Å². The number of H-pyrrole nitrogens is 1. The minimum absolute atomic E-state index is 0.116. The van der Waals surface area contributed by atoms with Crippen molar-refractivity contribution in [1.82, 2.24) is 15.6 Å². The number of para-hydroxylation sites is 1. The minimum Gasteiger partial charge on any atom is -0.462 e. The number of nitrogens with two attached hydrogens (primary N) is 1. The van der Waals surface area contributed by atoms with Gasteiger partial charge in [-0.15, -0.1) is 0 Å². The molecule has 4 rings (SSSR count). The molecular formula is C26H30N4O4. The molecule has 0 saturated heterocycles. The summed E-state index contributed by atoms with van der Waals surface area (Å²) in [5, 5.41) is 6.99. The SMILES string of the molecule is NCCCC(=O)NC(Cc1c[nH]c2ccccc12)C(=O)NC(Cc1ccccc1)C1=COCO1. The fourth-order valence-electron chi connectivity index (χ4n) is 4.04. The molecule has 1 aliphatic heterocycles. The van der Waals surface area contributed by atoms with Crippen LogP contribution in [0.3, 0.4) is 0 Å². The predicted molar refractivity (Wildman–Crippen MR) is 129 cm³/mol. The third-order valence-corrected chi connectivity index (χ3v) is 5.79. The molecule has 0 fully saturated rings. The Morgan fingerprint density at radius 1 is 1.03 bits per heavy atom. The molecule has 0 bridgehead atoms. The van der Waals surface area contributed by atoms with Crippen LogP contribution in [0.5, 0.6) is 0 Å². The van der Waals surface area contributed by atoms with Gasteiger partial charge in [0.1, 0.15) is 12.3 Å². The Labute approximate surface area is 198 Å². The number of hydrogen-bond acceptors (Lipinski definition) is 5. The van der Waals surface area contributed by atoms with Crippen molar-refractivity contribution in [3.63, 3.8) is 0 Å². The highest BCUT2D eigenvalue weighted by atomic mass is 16.7. The van der Waals surface area contributed by atoms with E-state index in [2.05, 4.69) is 15.6 Å². The molecule has 34 heavy (non-hydrogen) atoms. The van der Waals surface area contributed by atoms with E-state index < -0.39 is 12.1 Å². The van der Waals surface area contributed by atoms with Crippen molar-refractivity contribution in [1.29, 1.82) is 0 Å². The molecule has 2 aromatic carbocycles. The maximum absolute atomic E-state index is 13.5. The molecule has 1 aliphatic rings. The van der Waals surface area contributed by atoms with Gasteiger partial charge in [0.25, 0.3) is 0 Å². The van der Waals surface area contributed by atoms with Gasteiger partial charge in [0.2, 0.25) is 18.6 Å². The van der Waals surface area contributed by atoms with Gasteiger partial charge >= 0.3 is 0 Å². The Hall–Kier alpha value is -3.78. The van der Waals surface area contributed by atoms with E-state index in [1.54, 1.807) is 0 Å². The van der Waals surface area contributed by atoms with Gasteiger partial charge in [0.05, 0.1) is 6.04 Å². The van der Waals surface area contributed by atoms with Crippen LogP contribution in [0.15, 0.2) is 72.8 Å². The van der Waals surface area contributed by atoms with Crippen LogP contribution >= 0.6 is 0 Å². The summed E-state index contributed by atoms with van der Waals surface area (Å²) in [7, 11) is 0. The van der Waals surface area contributed by atoms with Crippen molar-refractivity contribution in [3.8, 4) is 0 Å². The Morgan fingerprint density at radius 2 is 1.82 bits per heavy atom. The fraction of sp³-hybridized carbons (Fsp3) is 0.308. The van der Waals surface area contributed by atoms with E-state index >= 15 is 0 Å². The lowest BCUT2D eigenvalue weighted by atomic mass is 10.0. The molecule has 5 N–H and O–H groups in total. The fourth-order valence-corrected chi connectivity index (χ4v) is 4.04. The number of rotatable bonds is 11. The van der Waals surface area contributed by atoms with Crippen molar-refractivity contribution < 1.29 is 19.1 Å². The van der Waals surface area contributed by atoms with Crippen LogP contribution in [0.2, 0.25) is 0 Å². The van der Waals surface area contributed by atoms with Crippen LogP contribution in [0.4, 0.5) is 0 Å². The van der Waals surface area contributed by atoms with Crippen molar-refractivity contribution in [2.24, 2.45) is 5.73 Å². The van der Waals surface area contributed by atoms with Crippen molar-refractivity contribution in [2.45, 2.75) is 37.8 Å². The second-order valence-corrected chi connectivity index (χ2v) is 8.28. The molecule has 3 aromatic rings. The van der Waals surface area contributed by atoms with Crippen molar-refractivity contribution in [2.75, 3.05) is 13.3 Å². The maximum Gasteiger partial charge on any atom is 0.243 e. The minimum atomic E-state index is -0.759. The van der Waals surface area contributed by atoms with Gasteiger partial charge in [-0.2, -0.15) is 0 Å². The first-order valence-corrected chi connectivity index (χ1v) is 11.5. The second-order valence-electron chi connectivity index (χ2n) is 8.28. The lowest BCUT2D eigenvalue weighted by Crippen LogP contribution is -2.51. The van der Waals surface area contributed by atoms with Gasteiger partial charge in [-0.1, -0.05) is 48.5 Å². The number of carbonyl (C=O) groups is 2. The maximum atomic E-state index is 13.5. The summed E-state index contributed by atoms with van der Waals surface area (Å²) in [4.78, 5) is 29.3. The van der Waals surface area contributed by atoms with Crippen molar-refractivity contribution >= 4 is 22.7 Å². The zero-order chi connectivity index (χ0) is 23.8. The Bertz CT molecular complexity index is 1140. The van der Waals surface area contributed by atoms with E-state index in [-0.39, 0.29) is 25.0 Å². The van der Waals surface area contributed by atoms with Crippen LogP contribution < -0.4 is 16.4 Å². The number of amides is 2. The first-order valence-electron chi connectivity index (χ1n) is 11.5. The van der Waals surface area contributed by atoms with Gasteiger partial charge in [0.15, 0.2) is 5.76 Å². The number of fused-ring (bicyclic) bond motifs is 1. The van der Waals surface area contributed by atoms with E-state index in [1.165, 1.54) is 6.26 Å². The summed E-state index contributed by atoms with van der Waals surface area (Å²) < 4.78 is 10.8. The first-order chi connectivity index (χ1) is 16.6. The zero-order valence-electron chi connectivity index (χ0n) is 19.0. The highest BCUT2D eigenvalue weighted by Gasteiger charge is 2.28.